The number of carbonyl (C=O) groups excluding carboxylic acids is 1. The van der Waals surface area contributed by atoms with Crippen molar-refractivity contribution in [2.45, 2.75) is 38.0 Å². The highest BCUT2D eigenvalue weighted by Gasteiger charge is 2.30. The number of aliphatic carboxylic acids is 1. The Morgan fingerprint density at radius 1 is 1.21 bits per heavy atom. The van der Waals surface area contributed by atoms with Crippen LogP contribution in [-0.2, 0) is 22.6 Å². The average molecular weight is 594 g/mol. The quantitative estimate of drug-likeness (QED) is 0.277. The molecule has 1 saturated heterocycles. The molecule has 13 nitrogen and oxygen atoms in total. The van der Waals surface area contributed by atoms with E-state index >= 15 is 0 Å². The van der Waals surface area contributed by atoms with Crippen LogP contribution in [0.5, 0.6) is 0 Å². The first-order chi connectivity index (χ1) is 20.3. The van der Waals surface area contributed by atoms with Crippen molar-refractivity contribution in [3.63, 3.8) is 0 Å². The molecular formula is C27H25ClFN9O4. The number of pyridine rings is 2. The molecule has 1 amide bonds. The van der Waals surface area contributed by atoms with Crippen molar-refractivity contribution in [1.82, 2.24) is 39.1 Å². The van der Waals surface area contributed by atoms with Crippen LogP contribution in [0.4, 0.5) is 10.1 Å². The Hall–Kier alpha value is -4.56. The van der Waals surface area contributed by atoms with Crippen molar-refractivity contribution in [2.24, 2.45) is 0 Å². The second-order valence-corrected chi connectivity index (χ2v) is 10.9. The van der Waals surface area contributed by atoms with E-state index in [1.165, 1.54) is 33.2 Å². The van der Waals surface area contributed by atoms with Crippen LogP contribution in [0, 0.1) is 5.82 Å². The lowest BCUT2D eigenvalue weighted by Gasteiger charge is -2.33. The fourth-order valence-electron chi connectivity index (χ4n) is 5.23. The number of nitrogens with zero attached hydrogens (tertiary/aromatic N) is 8. The van der Waals surface area contributed by atoms with Crippen molar-refractivity contribution >= 4 is 40.3 Å². The van der Waals surface area contributed by atoms with Crippen LogP contribution >= 0.6 is 11.6 Å². The van der Waals surface area contributed by atoms with Crippen LogP contribution in [0.1, 0.15) is 46.2 Å². The molecule has 2 aliphatic rings. The summed E-state index contributed by atoms with van der Waals surface area (Å²) in [7, 11) is 0. The molecule has 15 heteroatoms. The number of imidazole rings is 2. The van der Waals surface area contributed by atoms with E-state index in [0.29, 0.717) is 36.1 Å². The minimum Gasteiger partial charge on any atom is -0.479 e. The Labute approximate surface area is 242 Å². The number of ether oxygens (including phenoxy) is 1. The third-order valence-corrected chi connectivity index (χ3v) is 7.81. The maximum atomic E-state index is 14.5. The van der Waals surface area contributed by atoms with Gasteiger partial charge in [-0.25, -0.2) is 23.8 Å². The maximum absolute atomic E-state index is 14.5. The van der Waals surface area contributed by atoms with Crippen molar-refractivity contribution in [3.8, 4) is 0 Å². The lowest BCUT2D eigenvalue weighted by atomic mass is 10.1. The topological polar surface area (TPSA) is 144 Å². The van der Waals surface area contributed by atoms with Gasteiger partial charge in [-0.15, -0.1) is 5.10 Å². The van der Waals surface area contributed by atoms with Gasteiger partial charge in [0.1, 0.15) is 5.52 Å². The zero-order valence-corrected chi connectivity index (χ0v) is 22.9. The predicted octanol–water partition coefficient (Wildman–Crippen LogP) is 2.51. The minimum atomic E-state index is -0.987. The van der Waals surface area contributed by atoms with Gasteiger partial charge in [0.05, 0.1) is 60.9 Å². The average Bonchev–Trinajstić information content (AvgIpc) is 3.38. The van der Waals surface area contributed by atoms with Gasteiger partial charge < -0.3 is 28.9 Å². The second kappa shape index (κ2) is 10.4. The summed E-state index contributed by atoms with van der Waals surface area (Å²) >= 11 is 5.90. The molecule has 1 unspecified atom stereocenters. The zero-order valence-electron chi connectivity index (χ0n) is 22.2. The molecule has 6 heterocycles. The van der Waals surface area contributed by atoms with E-state index in [0.717, 1.165) is 18.5 Å². The summed E-state index contributed by atoms with van der Waals surface area (Å²) in [6.07, 6.45) is 9.87. The summed E-state index contributed by atoms with van der Waals surface area (Å²) in [4.78, 5) is 35.4. The van der Waals surface area contributed by atoms with E-state index in [9.17, 15) is 19.1 Å². The van der Waals surface area contributed by atoms with Crippen LogP contribution in [0.25, 0.3) is 11.2 Å². The predicted molar refractivity (Wildman–Crippen MR) is 147 cm³/mol. The number of fused-ring (bicyclic) bond motifs is 2. The van der Waals surface area contributed by atoms with Crippen LogP contribution in [0.3, 0.4) is 0 Å². The zero-order chi connectivity index (χ0) is 29.0. The Bertz CT molecular complexity index is 1850. The van der Waals surface area contributed by atoms with Crippen LogP contribution < -0.4 is 10.2 Å². The number of hydrogen-bond acceptors (Lipinski definition) is 8. The molecule has 5 aromatic rings. The lowest BCUT2D eigenvalue weighted by Crippen LogP contribution is -2.46. The van der Waals surface area contributed by atoms with Gasteiger partial charge in [0.15, 0.2) is 23.3 Å². The number of hydrogen-bond donors (Lipinski definition) is 2. The van der Waals surface area contributed by atoms with Gasteiger partial charge in [0.25, 0.3) is 5.91 Å². The number of carbonyl (C=O) groups is 2. The van der Waals surface area contributed by atoms with Gasteiger partial charge in [0.2, 0.25) is 0 Å². The summed E-state index contributed by atoms with van der Waals surface area (Å²) in [5, 5.41) is 20.2. The molecule has 0 aromatic carbocycles. The number of carboxylic acids is 1. The van der Waals surface area contributed by atoms with Gasteiger partial charge in [-0.3, -0.25) is 4.79 Å². The summed E-state index contributed by atoms with van der Waals surface area (Å²) < 4.78 is 24.9. The Morgan fingerprint density at radius 3 is 2.88 bits per heavy atom. The smallest absolute Gasteiger partial charge is 0.334 e. The SMILES string of the molecule is O=C(NCc1ncn2ccc(Cl)c(F)c12)c1cn(Cc2cn3cc(C4CC4)cc(N4CCOC(C(=O)O)C4)c3n2)nn1. The number of rotatable bonds is 8. The molecule has 1 saturated carbocycles. The summed E-state index contributed by atoms with van der Waals surface area (Å²) in [5.41, 5.74) is 4.06. The highest BCUT2D eigenvalue weighted by Crippen LogP contribution is 2.42. The van der Waals surface area contributed by atoms with Crippen molar-refractivity contribution in [3.05, 3.63) is 76.7 Å². The van der Waals surface area contributed by atoms with Gasteiger partial charge in [0, 0.05) is 25.1 Å². The van der Waals surface area contributed by atoms with Crippen LogP contribution in [0.15, 0.2) is 43.2 Å². The first kappa shape index (κ1) is 26.3. The third kappa shape index (κ3) is 4.92. The van der Waals surface area contributed by atoms with Gasteiger partial charge >= 0.3 is 5.97 Å². The van der Waals surface area contributed by atoms with Crippen molar-refractivity contribution in [2.75, 3.05) is 24.6 Å². The highest BCUT2D eigenvalue weighted by atomic mass is 35.5. The molecule has 5 aromatic heterocycles. The molecule has 7 rings (SSSR count). The molecule has 0 radical (unpaired) electrons. The fraction of sp³-hybridized carbons (Fsp3) is 0.333. The number of carboxylic acid groups (broad SMARTS) is 1. The number of aromatic nitrogens is 7. The maximum Gasteiger partial charge on any atom is 0.334 e. The molecule has 2 fully saturated rings. The molecule has 1 atom stereocenters. The van der Waals surface area contributed by atoms with E-state index < -0.39 is 23.8 Å². The van der Waals surface area contributed by atoms with E-state index in [4.69, 9.17) is 21.3 Å². The summed E-state index contributed by atoms with van der Waals surface area (Å²) in [6, 6.07) is 3.54. The van der Waals surface area contributed by atoms with Crippen molar-refractivity contribution in [1.29, 1.82) is 0 Å². The number of anilines is 1. The molecule has 42 heavy (non-hydrogen) atoms. The van der Waals surface area contributed by atoms with E-state index in [-0.39, 0.29) is 35.9 Å². The first-order valence-electron chi connectivity index (χ1n) is 13.4. The molecule has 0 bridgehead atoms. The largest absolute Gasteiger partial charge is 0.479 e. The molecular weight excluding hydrogens is 569 g/mol. The molecule has 1 aliphatic heterocycles. The second-order valence-electron chi connectivity index (χ2n) is 10.4. The van der Waals surface area contributed by atoms with E-state index in [1.807, 2.05) is 15.5 Å². The number of morpholine rings is 1. The molecule has 0 spiro atoms. The first-order valence-corrected chi connectivity index (χ1v) is 13.8. The van der Waals surface area contributed by atoms with E-state index in [1.54, 1.807) is 6.20 Å². The Morgan fingerprint density at radius 2 is 2.07 bits per heavy atom. The number of halogens is 2. The number of amides is 1. The normalized spacial score (nSPS) is 17.3. The summed E-state index contributed by atoms with van der Waals surface area (Å²) in [6.45, 7) is 1.34. The number of nitrogens with one attached hydrogen (secondary N) is 1. The standard InChI is InChI=1S/C27H25ClFN9O4/c28-18-3-4-36-14-31-19(24(36)23(18)29)8-30-26(39)20-12-38(34-33-20)11-17-10-37-9-16(15-1-2-15)7-21(25(37)32-17)35-5-6-42-22(13-35)27(40)41/h3-4,7,9-10,12,14-15,22H,1-2,5-6,8,11,13H2,(H,30,39)(H,40,41). The summed E-state index contributed by atoms with van der Waals surface area (Å²) in [5.74, 6) is -1.60. The lowest BCUT2D eigenvalue weighted by molar-refractivity contribution is -0.150. The molecule has 1 aliphatic carbocycles. The molecule has 216 valence electrons. The third-order valence-electron chi connectivity index (χ3n) is 7.51. The van der Waals surface area contributed by atoms with Gasteiger partial charge in [-0.05, 0) is 36.5 Å². The van der Waals surface area contributed by atoms with E-state index in [2.05, 4.69) is 32.9 Å². The monoisotopic (exact) mass is 593 g/mol. The Kier molecular flexibility index (Phi) is 6.50. The minimum absolute atomic E-state index is 0.0255. The fourth-order valence-corrected chi connectivity index (χ4v) is 5.38. The van der Waals surface area contributed by atoms with Gasteiger partial charge in [-0.2, -0.15) is 0 Å². The Balaban J connectivity index is 1.09. The van der Waals surface area contributed by atoms with Crippen LogP contribution in [-0.4, -0.2) is 76.5 Å². The molecule has 2 N–H and O–H groups in total. The van der Waals surface area contributed by atoms with Gasteiger partial charge in [-0.1, -0.05) is 16.8 Å². The highest BCUT2D eigenvalue weighted by molar-refractivity contribution is 6.31. The van der Waals surface area contributed by atoms with Crippen LogP contribution in [0.2, 0.25) is 5.02 Å². The van der Waals surface area contributed by atoms with Crippen molar-refractivity contribution < 1.29 is 23.8 Å².